The minimum absolute atomic E-state index is 0.0175. The standard InChI is InChI=1S/C24H29NO3/c1-3-16-25(20(2)22-12-8-5-9-13-22)23(19-24(27)28-18-17-26)15-14-21-10-6-4-7-11-21/h3-15,20,23,26H,1,16-19H2,2H3. The molecule has 0 saturated carbocycles. The maximum absolute atomic E-state index is 12.3. The summed E-state index contributed by atoms with van der Waals surface area (Å²) in [7, 11) is 0. The van der Waals surface area contributed by atoms with Crippen LogP contribution in [0, 0.1) is 0 Å². The highest BCUT2D eigenvalue weighted by atomic mass is 16.5. The summed E-state index contributed by atoms with van der Waals surface area (Å²) < 4.78 is 5.11. The number of aliphatic hydroxyl groups excluding tert-OH is 1. The van der Waals surface area contributed by atoms with Crippen LogP contribution in [0.2, 0.25) is 0 Å². The Labute approximate surface area is 167 Å². The fourth-order valence-corrected chi connectivity index (χ4v) is 3.12. The molecule has 0 bridgehead atoms. The minimum Gasteiger partial charge on any atom is -0.463 e. The van der Waals surface area contributed by atoms with Gasteiger partial charge >= 0.3 is 5.97 Å². The number of hydrogen-bond donors (Lipinski definition) is 1. The van der Waals surface area contributed by atoms with Crippen LogP contribution in [0.3, 0.4) is 0 Å². The average molecular weight is 380 g/mol. The van der Waals surface area contributed by atoms with Crippen LogP contribution < -0.4 is 0 Å². The number of nitrogens with zero attached hydrogens (tertiary/aromatic N) is 1. The summed E-state index contributed by atoms with van der Waals surface area (Å²) in [6.45, 7) is 6.49. The van der Waals surface area contributed by atoms with Gasteiger partial charge in [0.1, 0.15) is 6.61 Å². The largest absolute Gasteiger partial charge is 0.463 e. The van der Waals surface area contributed by atoms with Crippen molar-refractivity contribution in [3.63, 3.8) is 0 Å². The van der Waals surface area contributed by atoms with E-state index < -0.39 is 0 Å². The van der Waals surface area contributed by atoms with Crippen LogP contribution in [0.4, 0.5) is 0 Å². The van der Waals surface area contributed by atoms with Crippen LogP contribution in [0.1, 0.15) is 30.5 Å². The third-order valence-corrected chi connectivity index (χ3v) is 4.59. The summed E-state index contributed by atoms with van der Waals surface area (Å²) in [5.41, 5.74) is 2.24. The van der Waals surface area contributed by atoms with Crippen molar-refractivity contribution < 1.29 is 14.6 Å². The van der Waals surface area contributed by atoms with Crippen molar-refractivity contribution in [2.45, 2.75) is 25.4 Å². The molecule has 0 fully saturated rings. The van der Waals surface area contributed by atoms with Gasteiger partial charge in [0.25, 0.3) is 0 Å². The van der Waals surface area contributed by atoms with Crippen LogP contribution in [-0.2, 0) is 9.53 Å². The van der Waals surface area contributed by atoms with E-state index in [0.717, 1.165) is 5.56 Å². The number of hydrogen-bond acceptors (Lipinski definition) is 4. The first kappa shape index (κ1) is 21.6. The lowest BCUT2D eigenvalue weighted by atomic mass is 10.0. The van der Waals surface area contributed by atoms with Crippen molar-refractivity contribution in [3.8, 4) is 0 Å². The lowest BCUT2D eigenvalue weighted by Gasteiger charge is -2.34. The first-order chi connectivity index (χ1) is 13.7. The zero-order chi connectivity index (χ0) is 20.2. The third kappa shape index (κ3) is 6.80. The van der Waals surface area contributed by atoms with Gasteiger partial charge in [-0.3, -0.25) is 9.69 Å². The molecular formula is C24H29NO3. The van der Waals surface area contributed by atoms with Crippen LogP contribution in [0.5, 0.6) is 0 Å². The van der Waals surface area contributed by atoms with E-state index in [1.807, 2.05) is 66.8 Å². The zero-order valence-electron chi connectivity index (χ0n) is 16.4. The molecule has 2 aromatic rings. The second-order valence-corrected chi connectivity index (χ2v) is 6.56. The monoisotopic (exact) mass is 379 g/mol. The molecule has 2 atom stereocenters. The molecule has 2 unspecified atom stereocenters. The van der Waals surface area contributed by atoms with Crippen LogP contribution in [0.15, 0.2) is 79.4 Å². The summed E-state index contributed by atoms with van der Waals surface area (Å²) in [5.74, 6) is -0.328. The third-order valence-electron chi connectivity index (χ3n) is 4.59. The number of ether oxygens (including phenoxy) is 1. The molecule has 0 amide bonds. The minimum atomic E-state index is -0.328. The quantitative estimate of drug-likeness (QED) is 0.469. The van der Waals surface area contributed by atoms with E-state index in [2.05, 4.69) is 30.5 Å². The molecule has 4 nitrogen and oxygen atoms in total. The molecule has 148 valence electrons. The normalized spacial score (nSPS) is 13.4. The maximum atomic E-state index is 12.3. The van der Waals surface area contributed by atoms with Gasteiger partial charge in [-0.15, -0.1) is 6.58 Å². The van der Waals surface area contributed by atoms with E-state index in [-0.39, 0.29) is 37.7 Å². The molecule has 4 heteroatoms. The van der Waals surface area contributed by atoms with Gasteiger partial charge in [0, 0.05) is 18.6 Å². The van der Waals surface area contributed by atoms with Crippen molar-refractivity contribution in [2.24, 2.45) is 0 Å². The number of aliphatic hydroxyl groups is 1. The molecule has 0 aliphatic carbocycles. The zero-order valence-corrected chi connectivity index (χ0v) is 16.4. The number of esters is 1. The highest BCUT2D eigenvalue weighted by molar-refractivity contribution is 5.71. The highest BCUT2D eigenvalue weighted by Gasteiger charge is 2.24. The van der Waals surface area contributed by atoms with Gasteiger partial charge in [-0.05, 0) is 18.1 Å². The lowest BCUT2D eigenvalue weighted by molar-refractivity contribution is -0.145. The molecule has 0 radical (unpaired) electrons. The van der Waals surface area contributed by atoms with Gasteiger partial charge < -0.3 is 9.84 Å². The van der Waals surface area contributed by atoms with Gasteiger partial charge in [0.05, 0.1) is 13.0 Å². The molecule has 0 saturated heterocycles. The molecule has 0 spiro atoms. The van der Waals surface area contributed by atoms with Crippen molar-refractivity contribution in [3.05, 3.63) is 90.5 Å². The van der Waals surface area contributed by atoms with Crippen molar-refractivity contribution in [1.29, 1.82) is 0 Å². The molecular weight excluding hydrogens is 350 g/mol. The molecule has 28 heavy (non-hydrogen) atoms. The Hall–Kier alpha value is -2.69. The van der Waals surface area contributed by atoms with Gasteiger partial charge in [0.2, 0.25) is 0 Å². The Morgan fingerprint density at radius 1 is 1.14 bits per heavy atom. The SMILES string of the molecule is C=CCN(C(C=Cc1ccccc1)CC(=O)OCCO)C(C)c1ccccc1. The first-order valence-corrected chi connectivity index (χ1v) is 9.57. The Morgan fingerprint density at radius 3 is 2.39 bits per heavy atom. The number of carbonyl (C=O) groups excluding carboxylic acids is 1. The summed E-state index contributed by atoms with van der Waals surface area (Å²) in [5, 5.41) is 8.92. The fraction of sp³-hybridized carbons (Fsp3) is 0.292. The Morgan fingerprint density at radius 2 is 1.79 bits per heavy atom. The second kappa shape index (κ2) is 11.9. The van der Waals surface area contributed by atoms with Crippen LogP contribution >= 0.6 is 0 Å². The lowest BCUT2D eigenvalue weighted by Crippen LogP contribution is -2.38. The highest BCUT2D eigenvalue weighted by Crippen LogP contribution is 2.25. The van der Waals surface area contributed by atoms with Gasteiger partial charge in [0.15, 0.2) is 0 Å². The summed E-state index contributed by atoms with van der Waals surface area (Å²) in [6, 6.07) is 20.1. The van der Waals surface area contributed by atoms with E-state index in [9.17, 15) is 4.79 Å². The van der Waals surface area contributed by atoms with Crippen LogP contribution in [-0.4, -0.2) is 41.8 Å². The van der Waals surface area contributed by atoms with Gasteiger partial charge in [-0.2, -0.15) is 0 Å². The van der Waals surface area contributed by atoms with Gasteiger partial charge in [-0.25, -0.2) is 0 Å². The van der Waals surface area contributed by atoms with Crippen molar-refractivity contribution in [1.82, 2.24) is 4.90 Å². The van der Waals surface area contributed by atoms with Gasteiger partial charge in [-0.1, -0.05) is 78.9 Å². The average Bonchev–Trinajstić information content (AvgIpc) is 2.74. The van der Waals surface area contributed by atoms with Crippen molar-refractivity contribution >= 4 is 12.0 Å². The Kier molecular flexibility index (Phi) is 9.19. The first-order valence-electron chi connectivity index (χ1n) is 9.57. The van der Waals surface area contributed by atoms with E-state index in [4.69, 9.17) is 9.84 Å². The molecule has 0 aromatic heterocycles. The molecule has 0 heterocycles. The molecule has 0 aliphatic heterocycles. The molecule has 1 N–H and O–H groups in total. The van der Waals surface area contributed by atoms with E-state index in [1.54, 1.807) is 0 Å². The number of rotatable bonds is 11. The number of carbonyl (C=O) groups is 1. The van der Waals surface area contributed by atoms with Crippen LogP contribution in [0.25, 0.3) is 6.08 Å². The predicted octanol–water partition coefficient (Wildman–Crippen LogP) is 4.24. The molecule has 0 aliphatic rings. The number of benzene rings is 2. The van der Waals surface area contributed by atoms with E-state index in [0.29, 0.717) is 6.54 Å². The van der Waals surface area contributed by atoms with E-state index >= 15 is 0 Å². The second-order valence-electron chi connectivity index (χ2n) is 6.56. The predicted molar refractivity (Wildman–Crippen MR) is 114 cm³/mol. The fourth-order valence-electron chi connectivity index (χ4n) is 3.12. The van der Waals surface area contributed by atoms with Crippen molar-refractivity contribution in [2.75, 3.05) is 19.8 Å². The summed E-state index contributed by atoms with van der Waals surface area (Å²) >= 11 is 0. The Bertz CT molecular complexity index is 743. The molecule has 2 rings (SSSR count). The Balaban J connectivity index is 2.27. The molecule has 2 aromatic carbocycles. The maximum Gasteiger partial charge on any atom is 0.307 e. The summed E-state index contributed by atoms with van der Waals surface area (Å²) in [6.07, 6.45) is 6.12. The summed E-state index contributed by atoms with van der Waals surface area (Å²) in [4.78, 5) is 14.5. The topological polar surface area (TPSA) is 49.8 Å². The van der Waals surface area contributed by atoms with E-state index in [1.165, 1.54) is 5.56 Å². The smallest absolute Gasteiger partial charge is 0.307 e.